The number of hydrogen-bond donors (Lipinski definition) is 0. The summed E-state index contributed by atoms with van der Waals surface area (Å²) in [5.41, 5.74) is 0.817. The molecule has 1 aliphatic heterocycles. The lowest BCUT2D eigenvalue weighted by Crippen LogP contribution is -2.61. The topological polar surface area (TPSA) is 49.6 Å². The van der Waals surface area contributed by atoms with E-state index in [1.165, 1.54) is 32.1 Å². The normalized spacial score (nSPS) is 20.8. The Morgan fingerprint density at radius 3 is 2.59 bits per heavy atom. The second kappa shape index (κ2) is 5.50. The highest BCUT2D eigenvalue weighted by Crippen LogP contribution is 2.27. The number of aryl methyl sites for hydroxylation is 1. The Balaban J connectivity index is 1.42. The van der Waals surface area contributed by atoms with Crippen molar-refractivity contribution in [2.45, 2.75) is 51.1 Å². The van der Waals surface area contributed by atoms with Crippen LogP contribution >= 0.6 is 0 Å². The number of hydrogen-bond acceptors (Lipinski definition) is 5. The van der Waals surface area contributed by atoms with Crippen LogP contribution in [0, 0.1) is 6.92 Å². The molecule has 1 saturated carbocycles. The summed E-state index contributed by atoms with van der Waals surface area (Å²) in [5, 5.41) is 12.8. The molecule has 0 spiro atoms. The van der Waals surface area contributed by atoms with Crippen LogP contribution in [0.5, 0.6) is 0 Å². The first kappa shape index (κ1) is 13.9. The van der Waals surface area contributed by atoms with Crippen molar-refractivity contribution in [3.63, 3.8) is 0 Å². The van der Waals surface area contributed by atoms with Crippen LogP contribution in [0.3, 0.4) is 0 Å². The lowest BCUT2D eigenvalue weighted by Gasteiger charge is -2.48. The van der Waals surface area contributed by atoms with Crippen molar-refractivity contribution in [3.8, 4) is 0 Å². The molecule has 118 valence electrons. The van der Waals surface area contributed by atoms with E-state index in [2.05, 4.69) is 38.2 Å². The average molecular weight is 300 g/mol. The molecule has 3 heterocycles. The minimum atomic E-state index is 0.669. The van der Waals surface area contributed by atoms with Crippen LogP contribution < -0.4 is 4.90 Å². The monoisotopic (exact) mass is 300 g/mol. The maximum Gasteiger partial charge on any atom is 0.178 e. The van der Waals surface area contributed by atoms with Gasteiger partial charge < -0.3 is 4.90 Å². The van der Waals surface area contributed by atoms with Crippen molar-refractivity contribution in [1.82, 2.24) is 24.7 Å². The van der Waals surface area contributed by atoms with E-state index in [9.17, 15) is 0 Å². The number of rotatable bonds is 3. The number of anilines is 1. The molecule has 2 aromatic rings. The summed E-state index contributed by atoms with van der Waals surface area (Å²) in [7, 11) is 2.30. The molecule has 0 N–H and O–H groups in total. The summed E-state index contributed by atoms with van der Waals surface area (Å²) in [6.45, 7) is 4.09. The molecule has 0 amide bonds. The highest BCUT2D eigenvalue weighted by Gasteiger charge is 2.34. The zero-order chi connectivity index (χ0) is 15.1. The predicted molar refractivity (Wildman–Crippen MR) is 86.2 cm³/mol. The van der Waals surface area contributed by atoms with Gasteiger partial charge in [0.25, 0.3) is 0 Å². The maximum atomic E-state index is 4.66. The SMILES string of the molecule is Cc1nnc2ccc(N3CC(N(C)C4CCCCC4)C3)nn12. The van der Waals surface area contributed by atoms with E-state index < -0.39 is 0 Å². The summed E-state index contributed by atoms with van der Waals surface area (Å²) in [4.78, 5) is 4.96. The van der Waals surface area contributed by atoms with E-state index >= 15 is 0 Å². The van der Waals surface area contributed by atoms with Gasteiger partial charge in [-0.25, -0.2) is 0 Å². The fourth-order valence-corrected chi connectivity index (χ4v) is 3.74. The molecular weight excluding hydrogens is 276 g/mol. The first-order valence-corrected chi connectivity index (χ1v) is 8.38. The van der Waals surface area contributed by atoms with Crippen molar-refractivity contribution in [1.29, 1.82) is 0 Å². The zero-order valence-electron chi connectivity index (χ0n) is 13.4. The largest absolute Gasteiger partial charge is 0.352 e. The van der Waals surface area contributed by atoms with E-state index in [0.717, 1.165) is 36.4 Å². The first-order chi connectivity index (χ1) is 10.7. The van der Waals surface area contributed by atoms with E-state index in [0.29, 0.717) is 6.04 Å². The molecule has 6 nitrogen and oxygen atoms in total. The Labute approximate surface area is 131 Å². The number of fused-ring (bicyclic) bond motifs is 1. The molecular formula is C16H24N6. The van der Waals surface area contributed by atoms with E-state index in [1.807, 2.05) is 17.5 Å². The standard InChI is InChI=1S/C16H24N6/c1-12-17-18-15-8-9-16(19-22(12)15)21-10-14(11-21)20(2)13-6-4-3-5-7-13/h8-9,13-14H,3-7,10-11H2,1-2H3. The summed E-state index contributed by atoms with van der Waals surface area (Å²) >= 11 is 0. The molecule has 0 unspecified atom stereocenters. The molecule has 4 rings (SSSR count). The van der Waals surface area contributed by atoms with Gasteiger partial charge in [-0.05, 0) is 38.9 Å². The van der Waals surface area contributed by atoms with Gasteiger partial charge in [-0.15, -0.1) is 15.3 Å². The van der Waals surface area contributed by atoms with E-state index in [4.69, 9.17) is 0 Å². The van der Waals surface area contributed by atoms with Crippen molar-refractivity contribution < 1.29 is 0 Å². The molecule has 6 heteroatoms. The zero-order valence-corrected chi connectivity index (χ0v) is 13.4. The van der Waals surface area contributed by atoms with Crippen LogP contribution in [0.25, 0.3) is 5.65 Å². The molecule has 1 aliphatic carbocycles. The molecule has 1 saturated heterocycles. The summed E-state index contributed by atoms with van der Waals surface area (Å²) < 4.78 is 1.83. The first-order valence-electron chi connectivity index (χ1n) is 8.38. The van der Waals surface area contributed by atoms with Gasteiger partial charge in [-0.3, -0.25) is 4.90 Å². The number of aromatic nitrogens is 4. The van der Waals surface area contributed by atoms with Crippen molar-refractivity contribution in [3.05, 3.63) is 18.0 Å². The van der Waals surface area contributed by atoms with Crippen LogP contribution in [-0.2, 0) is 0 Å². The Morgan fingerprint density at radius 1 is 1.05 bits per heavy atom. The van der Waals surface area contributed by atoms with Gasteiger partial charge in [0.2, 0.25) is 0 Å². The smallest absolute Gasteiger partial charge is 0.178 e. The average Bonchev–Trinajstić information content (AvgIpc) is 2.88. The Hall–Kier alpha value is -1.69. The van der Waals surface area contributed by atoms with Crippen LogP contribution in [0.1, 0.15) is 37.9 Å². The van der Waals surface area contributed by atoms with Crippen LogP contribution in [0.15, 0.2) is 12.1 Å². The van der Waals surface area contributed by atoms with Crippen molar-refractivity contribution in [2.75, 3.05) is 25.0 Å². The molecule has 2 fully saturated rings. The molecule has 0 atom stereocenters. The van der Waals surface area contributed by atoms with Gasteiger partial charge >= 0.3 is 0 Å². The minimum absolute atomic E-state index is 0.669. The molecule has 2 aromatic heterocycles. The van der Waals surface area contributed by atoms with Crippen LogP contribution in [0.4, 0.5) is 5.82 Å². The van der Waals surface area contributed by atoms with E-state index in [-0.39, 0.29) is 0 Å². The highest BCUT2D eigenvalue weighted by atomic mass is 15.4. The van der Waals surface area contributed by atoms with Gasteiger partial charge in [-0.2, -0.15) is 4.52 Å². The lowest BCUT2D eigenvalue weighted by atomic mass is 9.92. The maximum absolute atomic E-state index is 4.66. The molecule has 0 aromatic carbocycles. The molecule has 0 radical (unpaired) electrons. The van der Waals surface area contributed by atoms with Gasteiger partial charge in [0, 0.05) is 25.2 Å². The highest BCUT2D eigenvalue weighted by molar-refractivity contribution is 5.47. The number of nitrogens with zero attached hydrogens (tertiary/aromatic N) is 6. The third kappa shape index (κ3) is 2.35. The Bertz CT molecular complexity index is 654. The Morgan fingerprint density at radius 2 is 1.82 bits per heavy atom. The lowest BCUT2D eigenvalue weighted by molar-refractivity contribution is 0.117. The third-order valence-electron chi connectivity index (χ3n) is 5.32. The van der Waals surface area contributed by atoms with Gasteiger partial charge in [0.15, 0.2) is 11.5 Å². The van der Waals surface area contributed by atoms with E-state index in [1.54, 1.807) is 0 Å². The van der Waals surface area contributed by atoms with Gasteiger partial charge in [0.05, 0.1) is 0 Å². The minimum Gasteiger partial charge on any atom is -0.352 e. The predicted octanol–water partition coefficient (Wildman–Crippen LogP) is 1.89. The van der Waals surface area contributed by atoms with Crippen LogP contribution in [0.2, 0.25) is 0 Å². The Kier molecular flexibility index (Phi) is 3.48. The van der Waals surface area contributed by atoms with Crippen molar-refractivity contribution in [2.24, 2.45) is 0 Å². The molecule has 22 heavy (non-hydrogen) atoms. The summed E-state index contributed by atoms with van der Waals surface area (Å²) in [6.07, 6.45) is 6.96. The molecule has 2 aliphatic rings. The summed E-state index contributed by atoms with van der Waals surface area (Å²) in [6, 6.07) is 5.51. The van der Waals surface area contributed by atoms with Gasteiger partial charge in [-0.1, -0.05) is 19.3 Å². The quantitative estimate of drug-likeness (QED) is 0.866. The van der Waals surface area contributed by atoms with Crippen LogP contribution in [-0.4, -0.2) is 56.9 Å². The fraction of sp³-hybridized carbons (Fsp3) is 0.688. The second-order valence-corrected chi connectivity index (χ2v) is 6.72. The summed E-state index contributed by atoms with van der Waals surface area (Å²) in [5.74, 6) is 1.87. The third-order valence-corrected chi connectivity index (χ3v) is 5.32. The molecule has 0 bridgehead atoms. The van der Waals surface area contributed by atoms with Gasteiger partial charge in [0.1, 0.15) is 5.82 Å². The fourth-order valence-electron chi connectivity index (χ4n) is 3.74. The van der Waals surface area contributed by atoms with Crippen molar-refractivity contribution >= 4 is 11.5 Å². The second-order valence-electron chi connectivity index (χ2n) is 6.72. The number of likely N-dealkylation sites (N-methyl/N-ethyl adjacent to an activating group) is 1.